The molecule has 0 fully saturated rings. The van der Waals surface area contributed by atoms with Crippen LogP contribution in [0.2, 0.25) is 0 Å². The summed E-state index contributed by atoms with van der Waals surface area (Å²) < 4.78 is 14.7. The van der Waals surface area contributed by atoms with Crippen molar-refractivity contribution >= 4 is 0 Å². The number of aromatic nitrogens is 6. The van der Waals surface area contributed by atoms with Crippen molar-refractivity contribution in [2.24, 2.45) is 0 Å². The van der Waals surface area contributed by atoms with Crippen LogP contribution in [0.3, 0.4) is 0 Å². The Morgan fingerprint density at radius 1 is 1.06 bits per heavy atom. The second kappa shape index (κ2) is 7.70. The summed E-state index contributed by atoms with van der Waals surface area (Å²) in [7, 11) is 3.30. The summed E-state index contributed by atoms with van der Waals surface area (Å²) >= 11 is 0. The van der Waals surface area contributed by atoms with Crippen molar-refractivity contribution in [1.29, 1.82) is 0 Å². The Labute approximate surface area is 179 Å². The number of pyridine rings is 1. The average molecular weight is 412 g/mol. The van der Waals surface area contributed by atoms with Crippen molar-refractivity contribution in [2.75, 3.05) is 14.2 Å². The molecule has 0 aliphatic carbocycles. The van der Waals surface area contributed by atoms with E-state index in [4.69, 9.17) is 9.47 Å². The maximum absolute atomic E-state index is 5.44. The van der Waals surface area contributed by atoms with Crippen LogP contribution in [0.1, 0.15) is 33.9 Å². The molecule has 0 saturated heterocycles. The topological polar surface area (TPSA) is 79.9 Å². The van der Waals surface area contributed by atoms with Gasteiger partial charge in [0, 0.05) is 37.6 Å². The van der Waals surface area contributed by atoms with Crippen molar-refractivity contribution in [2.45, 2.75) is 20.0 Å². The van der Waals surface area contributed by atoms with Gasteiger partial charge in [-0.3, -0.25) is 9.55 Å². The van der Waals surface area contributed by atoms with Gasteiger partial charge < -0.3 is 9.47 Å². The standard InChI is InChI=1S/C23H20N6O2/c1-15-8-16(12-24-11-15)4-6-18-21-10-22-19(13-30-2)26-27-29(22)23-9-17(31-3)5-7-20(23)28(21)14-25-18/h5,7-9,11-12,14H,10,13H2,1-3H3. The first-order valence-electron chi connectivity index (χ1n) is 9.79. The fourth-order valence-corrected chi connectivity index (χ4v) is 3.72. The van der Waals surface area contributed by atoms with Crippen LogP contribution < -0.4 is 4.74 Å². The predicted molar refractivity (Wildman–Crippen MR) is 114 cm³/mol. The molecule has 31 heavy (non-hydrogen) atoms. The first-order valence-corrected chi connectivity index (χ1v) is 9.79. The van der Waals surface area contributed by atoms with Crippen molar-refractivity contribution in [3.63, 3.8) is 0 Å². The summed E-state index contributed by atoms with van der Waals surface area (Å²) in [5, 5.41) is 8.75. The lowest BCUT2D eigenvalue weighted by Crippen LogP contribution is -2.04. The number of ether oxygens (including phenoxy) is 2. The van der Waals surface area contributed by atoms with E-state index in [0.29, 0.717) is 18.7 Å². The molecule has 8 nitrogen and oxygen atoms in total. The number of imidazole rings is 1. The van der Waals surface area contributed by atoms with Gasteiger partial charge in [0.05, 0.1) is 36.5 Å². The summed E-state index contributed by atoms with van der Waals surface area (Å²) in [6.45, 7) is 2.37. The van der Waals surface area contributed by atoms with E-state index >= 15 is 0 Å². The van der Waals surface area contributed by atoms with Gasteiger partial charge in [-0.15, -0.1) is 5.10 Å². The molecular formula is C23H20N6O2. The lowest BCUT2D eigenvalue weighted by Gasteiger charge is -2.11. The molecule has 0 atom stereocenters. The van der Waals surface area contributed by atoms with E-state index in [1.807, 2.05) is 42.1 Å². The Kier molecular flexibility index (Phi) is 4.73. The highest BCUT2D eigenvalue weighted by molar-refractivity contribution is 5.60. The third-order valence-corrected chi connectivity index (χ3v) is 5.20. The molecule has 0 N–H and O–H groups in total. The largest absolute Gasteiger partial charge is 0.497 e. The van der Waals surface area contributed by atoms with Crippen molar-refractivity contribution in [1.82, 2.24) is 29.5 Å². The first-order chi connectivity index (χ1) is 15.2. The zero-order valence-electron chi connectivity index (χ0n) is 17.5. The maximum atomic E-state index is 5.44. The summed E-state index contributed by atoms with van der Waals surface area (Å²) in [6, 6.07) is 7.87. The van der Waals surface area contributed by atoms with Crippen LogP contribution in [0.15, 0.2) is 43.0 Å². The Morgan fingerprint density at radius 3 is 2.77 bits per heavy atom. The Hall–Kier alpha value is -3.96. The molecule has 1 aliphatic heterocycles. The van der Waals surface area contributed by atoms with Crippen LogP contribution >= 0.6 is 0 Å². The van der Waals surface area contributed by atoms with Crippen LogP contribution in [-0.2, 0) is 17.8 Å². The highest BCUT2D eigenvalue weighted by Crippen LogP contribution is 2.32. The zero-order chi connectivity index (χ0) is 21.4. The average Bonchev–Trinajstić information content (AvgIpc) is 3.33. The quantitative estimate of drug-likeness (QED) is 0.424. The van der Waals surface area contributed by atoms with Crippen molar-refractivity contribution < 1.29 is 9.47 Å². The summed E-state index contributed by atoms with van der Waals surface area (Å²) in [5.41, 5.74) is 7.12. The van der Waals surface area contributed by atoms with Gasteiger partial charge in [-0.2, -0.15) is 0 Å². The molecule has 1 aliphatic rings. The third-order valence-electron chi connectivity index (χ3n) is 5.20. The SMILES string of the molecule is COCc1nnn2c1Cc1c(C#Cc3cncc(C)c3)ncn1-c1ccc(OC)cc1-2. The van der Waals surface area contributed by atoms with Gasteiger partial charge in [0.2, 0.25) is 0 Å². The molecule has 4 aromatic rings. The molecular weight excluding hydrogens is 392 g/mol. The molecule has 8 heteroatoms. The number of methoxy groups -OCH3 is 2. The van der Waals surface area contributed by atoms with Crippen LogP contribution in [0, 0.1) is 18.8 Å². The summed E-state index contributed by atoms with van der Waals surface area (Å²) in [6.07, 6.45) is 5.93. The molecule has 0 amide bonds. The lowest BCUT2D eigenvalue weighted by molar-refractivity contribution is 0.180. The second-order valence-electron chi connectivity index (χ2n) is 7.27. The molecule has 4 heterocycles. The van der Waals surface area contributed by atoms with E-state index < -0.39 is 0 Å². The molecule has 5 rings (SSSR count). The molecule has 0 bridgehead atoms. The van der Waals surface area contributed by atoms with Gasteiger partial charge in [0.25, 0.3) is 0 Å². The number of hydrogen-bond donors (Lipinski definition) is 0. The summed E-state index contributed by atoms with van der Waals surface area (Å²) in [5.74, 6) is 7.15. The predicted octanol–water partition coefficient (Wildman–Crippen LogP) is 2.62. The second-order valence-corrected chi connectivity index (χ2v) is 7.27. The normalized spacial score (nSPS) is 11.6. The van der Waals surface area contributed by atoms with Crippen LogP contribution in [0.4, 0.5) is 0 Å². The zero-order valence-corrected chi connectivity index (χ0v) is 17.5. The highest BCUT2D eigenvalue weighted by atomic mass is 16.5. The molecule has 0 spiro atoms. The fourth-order valence-electron chi connectivity index (χ4n) is 3.72. The van der Waals surface area contributed by atoms with E-state index in [1.165, 1.54) is 0 Å². The number of nitrogens with zero attached hydrogens (tertiary/aromatic N) is 6. The smallest absolute Gasteiger partial charge is 0.135 e. The van der Waals surface area contributed by atoms with Gasteiger partial charge in [-0.25, -0.2) is 9.67 Å². The molecule has 0 saturated carbocycles. The number of fused-ring (bicyclic) bond motifs is 5. The molecule has 154 valence electrons. The molecule has 1 aromatic carbocycles. The van der Waals surface area contributed by atoms with Crippen molar-refractivity contribution in [3.8, 4) is 29.0 Å². The minimum absolute atomic E-state index is 0.374. The fraction of sp³-hybridized carbons (Fsp3) is 0.217. The Morgan fingerprint density at radius 2 is 1.97 bits per heavy atom. The van der Waals surface area contributed by atoms with Crippen LogP contribution in [0.5, 0.6) is 5.75 Å². The van der Waals surface area contributed by atoms with Crippen molar-refractivity contribution in [3.05, 3.63) is 76.9 Å². The molecule has 3 aromatic heterocycles. The van der Waals surface area contributed by atoms with Gasteiger partial charge in [0.15, 0.2) is 0 Å². The number of aryl methyl sites for hydroxylation is 1. The number of rotatable bonds is 3. The number of benzene rings is 1. The first kappa shape index (κ1) is 19.0. The number of hydrogen-bond acceptors (Lipinski definition) is 6. The monoisotopic (exact) mass is 412 g/mol. The molecule has 0 unspecified atom stereocenters. The highest BCUT2D eigenvalue weighted by Gasteiger charge is 2.26. The minimum Gasteiger partial charge on any atom is -0.497 e. The van der Waals surface area contributed by atoms with Crippen LogP contribution in [0.25, 0.3) is 11.4 Å². The lowest BCUT2D eigenvalue weighted by atomic mass is 10.1. The van der Waals surface area contributed by atoms with Gasteiger partial charge >= 0.3 is 0 Å². The van der Waals surface area contributed by atoms with Gasteiger partial charge in [-0.05, 0) is 36.6 Å². The Bertz CT molecular complexity index is 1340. The van der Waals surface area contributed by atoms with E-state index in [-0.39, 0.29) is 0 Å². The van der Waals surface area contributed by atoms with E-state index in [2.05, 4.69) is 36.7 Å². The third kappa shape index (κ3) is 3.35. The van der Waals surface area contributed by atoms with Gasteiger partial charge in [0.1, 0.15) is 23.5 Å². The van der Waals surface area contributed by atoms with Gasteiger partial charge in [-0.1, -0.05) is 11.1 Å². The van der Waals surface area contributed by atoms with E-state index in [0.717, 1.165) is 45.3 Å². The minimum atomic E-state index is 0.374. The Balaban J connectivity index is 1.68. The van der Waals surface area contributed by atoms with E-state index in [9.17, 15) is 0 Å². The van der Waals surface area contributed by atoms with E-state index in [1.54, 1.807) is 26.7 Å². The molecule has 0 radical (unpaired) electrons. The maximum Gasteiger partial charge on any atom is 0.135 e. The summed E-state index contributed by atoms with van der Waals surface area (Å²) in [4.78, 5) is 8.82. The van der Waals surface area contributed by atoms with Crippen LogP contribution in [-0.4, -0.2) is 43.7 Å².